The van der Waals surface area contributed by atoms with Crippen molar-refractivity contribution in [2.24, 2.45) is 5.73 Å². The Kier molecular flexibility index (Phi) is 8.00. The van der Waals surface area contributed by atoms with E-state index in [1.165, 1.54) is 15.4 Å². The van der Waals surface area contributed by atoms with E-state index >= 15 is 0 Å². The van der Waals surface area contributed by atoms with Gasteiger partial charge in [0, 0.05) is 15.5 Å². The van der Waals surface area contributed by atoms with Gasteiger partial charge in [-0.1, -0.05) is 48.7 Å². The van der Waals surface area contributed by atoms with Gasteiger partial charge in [-0.05, 0) is 48.7 Å². The fraction of sp³-hybridized carbons (Fsp3) is 0.176. The van der Waals surface area contributed by atoms with Crippen molar-refractivity contribution in [2.75, 3.05) is 6.26 Å². The molecule has 0 aromatic heterocycles. The van der Waals surface area contributed by atoms with E-state index in [1.54, 1.807) is 6.92 Å². The molecule has 2 N–H and O–H groups in total. The summed E-state index contributed by atoms with van der Waals surface area (Å²) in [6.45, 7) is 5.08. The van der Waals surface area contributed by atoms with Crippen LogP contribution in [-0.4, -0.2) is 6.26 Å². The van der Waals surface area contributed by atoms with Crippen molar-refractivity contribution in [1.29, 1.82) is 0 Å². The van der Waals surface area contributed by atoms with Crippen LogP contribution in [0.2, 0.25) is 0 Å². The van der Waals surface area contributed by atoms with E-state index in [-0.39, 0.29) is 0 Å². The summed E-state index contributed by atoms with van der Waals surface area (Å²) in [6, 6.07) is 19.3. The summed E-state index contributed by atoms with van der Waals surface area (Å²) in [5, 5.41) is 0. The Hall–Kier alpha value is -1.32. The molecule has 0 radical (unpaired) electrons. The monoisotopic (exact) mass is 303 g/mol. The maximum absolute atomic E-state index is 4.92. The van der Waals surface area contributed by atoms with Gasteiger partial charge < -0.3 is 5.73 Å². The van der Waals surface area contributed by atoms with E-state index in [2.05, 4.69) is 61.4 Å². The number of nitrogens with two attached hydrogens (primary N) is 1. The zero-order chi connectivity index (χ0) is 14.8. The van der Waals surface area contributed by atoms with Gasteiger partial charge in [-0.15, -0.1) is 0 Å². The van der Waals surface area contributed by atoms with E-state index < -0.39 is 0 Å². The first-order valence-corrected chi connectivity index (χ1v) is 8.54. The molecule has 0 spiro atoms. The van der Waals surface area contributed by atoms with Crippen LogP contribution in [0.15, 0.2) is 76.7 Å². The van der Waals surface area contributed by atoms with Gasteiger partial charge >= 0.3 is 0 Å². The van der Waals surface area contributed by atoms with E-state index in [0.29, 0.717) is 5.70 Å². The summed E-state index contributed by atoms with van der Waals surface area (Å²) in [5.41, 5.74) is 6.98. The molecule has 1 nitrogen and oxygen atoms in total. The lowest BCUT2D eigenvalue weighted by molar-refractivity contribution is 1.34. The standard InChI is InChI=1S/C14H14S2.C3H7N/c1-15-11-12-7-9-14(10-8-12)16-13-5-3-2-4-6-13;1-3(2)4/h2-10H,11H2,1H3;1,4H2,2H3. The Balaban J connectivity index is 0.000000444. The number of hydrogen-bond acceptors (Lipinski definition) is 3. The van der Waals surface area contributed by atoms with Gasteiger partial charge in [0.1, 0.15) is 0 Å². The Bertz CT molecular complexity index is 502. The average Bonchev–Trinajstić information content (AvgIpc) is 2.42. The van der Waals surface area contributed by atoms with Gasteiger partial charge in [-0.2, -0.15) is 11.8 Å². The molecular weight excluding hydrogens is 282 g/mol. The SMILES string of the molecule is C=C(C)N.CSCc1ccc(Sc2ccccc2)cc1. The molecule has 0 atom stereocenters. The molecule has 3 heteroatoms. The Morgan fingerprint density at radius 2 is 1.50 bits per heavy atom. The van der Waals surface area contributed by atoms with Crippen molar-refractivity contribution in [3.63, 3.8) is 0 Å². The van der Waals surface area contributed by atoms with Gasteiger partial charge in [-0.25, -0.2) is 0 Å². The Morgan fingerprint density at radius 1 is 1.00 bits per heavy atom. The van der Waals surface area contributed by atoms with Crippen LogP contribution in [0.4, 0.5) is 0 Å². The van der Waals surface area contributed by atoms with Crippen LogP contribution in [0.1, 0.15) is 12.5 Å². The molecule has 0 saturated heterocycles. The van der Waals surface area contributed by atoms with Crippen LogP contribution >= 0.6 is 23.5 Å². The Labute approximate surface area is 130 Å². The molecule has 106 valence electrons. The molecule has 0 unspecified atom stereocenters. The summed E-state index contributed by atoms with van der Waals surface area (Å²) in [5.74, 6) is 1.09. The highest BCUT2D eigenvalue weighted by Crippen LogP contribution is 2.27. The molecular formula is C17H21NS2. The van der Waals surface area contributed by atoms with Crippen LogP contribution in [-0.2, 0) is 5.75 Å². The quantitative estimate of drug-likeness (QED) is 0.843. The average molecular weight is 303 g/mol. The molecule has 0 fully saturated rings. The van der Waals surface area contributed by atoms with Gasteiger partial charge in [0.15, 0.2) is 0 Å². The summed E-state index contributed by atoms with van der Waals surface area (Å²) in [6.07, 6.45) is 2.13. The van der Waals surface area contributed by atoms with E-state index in [4.69, 9.17) is 5.73 Å². The molecule has 20 heavy (non-hydrogen) atoms. The van der Waals surface area contributed by atoms with Crippen molar-refractivity contribution in [3.05, 3.63) is 72.4 Å². The fourth-order valence-electron chi connectivity index (χ4n) is 1.45. The first-order chi connectivity index (χ1) is 9.61. The minimum Gasteiger partial charge on any atom is -0.403 e. The van der Waals surface area contributed by atoms with Crippen LogP contribution in [0.3, 0.4) is 0 Å². The number of allylic oxidation sites excluding steroid dienone is 1. The molecule has 0 saturated carbocycles. The molecule has 0 bridgehead atoms. The van der Waals surface area contributed by atoms with Crippen LogP contribution in [0, 0.1) is 0 Å². The largest absolute Gasteiger partial charge is 0.403 e. The van der Waals surface area contributed by atoms with Gasteiger partial charge in [0.05, 0.1) is 0 Å². The molecule has 0 aliphatic carbocycles. The summed E-state index contributed by atoms with van der Waals surface area (Å²) in [4.78, 5) is 2.59. The Morgan fingerprint density at radius 3 is 2.00 bits per heavy atom. The number of thioether (sulfide) groups is 1. The van der Waals surface area contributed by atoms with Crippen molar-refractivity contribution in [1.82, 2.24) is 0 Å². The molecule has 0 amide bonds. The maximum atomic E-state index is 4.92. The third kappa shape index (κ3) is 7.31. The predicted molar refractivity (Wildman–Crippen MR) is 93.2 cm³/mol. The lowest BCUT2D eigenvalue weighted by atomic mass is 10.2. The predicted octanol–water partition coefficient (Wildman–Crippen LogP) is 5.18. The molecule has 2 rings (SSSR count). The topological polar surface area (TPSA) is 26.0 Å². The second kappa shape index (κ2) is 9.56. The second-order valence-corrected chi connectivity index (χ2v) is 6.35. The second-order valence-electron chi connectivity index (χ2n) is 4.34. The first kappa shape index (κ1) is 16.7. The third-order valence-electron chi connectivity index (χ3n) is 2.21. The van der Waals surface area contributed by atoms with E-state index in [0.717, 1.165) is 5.75 Å². The highest BCUT2D eigenvalue weighted by Gasteiger charge is 1.97. The fourth-order valence-corrected chi connectivity index (χ4v) is 2.81. The van der Waals surface area contributed by atoms with E-state index in [1.807, 2.05) is 29.6 Å². The minimum absolute atomic E-state index is 0.667. The molecule has 2 aromatic rings. The summed E-state index contributed by atoms with van der Waals surface area (Å²) < 4.78 is 0. The lowest BCUT2D eigenvalue weighted by Crippen LogP contribution is -1.83. The van der Waals surface area contributed by atoms with Crippen molar-refractivity contribution in [3.8, 4) is 0 Å². The highest BCUT2D eigenvalue weighted by atomic mass is 32.2. The maximum Gasteiger partial charge on any atom is 0.0181 e. The number of rotatable bonds is 4. The van der Waals surface area contributed by atoms with Crippen molar-refractivity contribution >= 4 is 23.5 Å². The first-order valence-electron chi connectivity index (χ1n) is 6.33. The third-order valence-corrected chi connectivity index (χ3v) is 3.85. The lowest BCUT2D eigenvalue weighted by Gasteiger charge is -2.03. The molecule has 2 aromatic carbocycles. The zero-order valence-corrected chi connectivity index (χ0v) is 13.6. The molecule has 0 heterocycles. The van der Waals surface area contributed by atoms with E-state index in [9.17, 15) is 0 Å². The number of hydrogen-bond donors (Lipinski definition) is 1. The number of benzene rings is 2. The van der Waals surface area contributed by atoms with Crippen molar-refractivity contribution in [2.45, 2.75) is 22.5 Å². The summed E-state index contributed by atoms with van der Waals surface area (Å²) >= 11 is 3.67. The van der Waals surface area contributed by atoms with Crippen LogP contribution in [0.25, 0.3) is 0 Å². The molecule has 0 aliphatic rings. The highest BCUT2D eigenvalue weighted by molar-refractivity contribution is 7.99. The van der Waals surface area contributed by atoms with Gasteiger partial charge in [-0.3, -0.25) is 0 Å². The van der Waals surface area contributed by atoms with Crippen molar-refractivity contribution < 1.29 is 0 Å². The summed E-state index contributed by atoms with van der Waals surface area (Å²) in [7, 11) is 0. The van der Waals surface area contributed by atoms with Gasteiger partial charge in [0.25, 0.3) is 0 Å². The van der Waals surface area contributed by atoms with Gasteiger partial charge in [0.2, 0.25) is 0 Å². The smallest absolute Gasteiger partial charge is 0.0181 e. The van der Waals surface area contributed by atoms with Crippen LogP contribution in [0.5, 0.6) is 0 Å². The molecule has 0 aliphatic heterocycles. The normalized spacial score (nSPS) is 9.50. The minimum atomic E-state index is 0.667. The van der Waals surface area contributed by atoms with Crippen LogP contribution < -0.4 is 5.73 Å². The zero-order valence-electron chi connectivity index (χ0n) is 12.0.